The molecule has 4 nitrogen and oxygen atoms in total. The molecule has 0 spiro atoms. The van der Waals surface area contributed by atoms with Crippen molar-refractivity contribution < 1.29 is 4.79 Å². The average Bonchev–Trinajstić information content (AvgIpc) is 3.03. The molecule has 0 aromatic heterocycles. The lowest BCUT2D eigenvalue weighted by molar-refractivity contribution is -0.121. The van der Waals surface area contributed by atoms with Gasteiger partial charge in [-0.05, 0) is 68.9 Å². The molecular formula is C21H33N3O. The third-order valence-corrected chi connectivity index (χ3v) is 5.56. The Labute approximate surface area is 152 Å². The lowest BCUT2D eigenvalue weighted by Gasteiger charge is -2.19. The number of carbonyl (C=O) groups is 1. The molecule has 1 atom stereocenters. The fourth-order valence-corrected chi connectivity index (χ4v) is 3.90. The number of carbonyl (C=O) groups excluding carboxylic acids is 1. The highest BCUT2D eigenvalue weighted by Gasteiger charge is 2.15. The summed E-state index contributed by atoms with van der Waals surface area (Å²) >= 11 is 0. The SMILES string of the molecule is O=C(CCC1CCNC1)NCc1ccc(CN2CCCCCC2)cc1. The number of likely N-dealkylation sites (tertiary alicyclic amines) is 1. The summed E-state index contributed by atoms with van der Waals surface area (Å²) in [7, 11) is 0. The number of nitrogens with zero attached hydrogens (tertiary/aromatic N) is 1. The number of benzene rings is 1. The van der Waals surface area contributed by atoms with Crippen LogP contribution >= 0.6 is 0 Å². The summed E-state index contributed by atoms with van der Waals surface area (Å²) in [6.45, 7) is 6.35. The topological polar surface area (TPSA) is 44.4 Å². The van der Waals surface area contributed by atoms with Crippen LogP contribution in [0.25, 0.3) is 0 Å². The summed E-state index contributed by atoms with van der Waals surface area (Å²) < 4.78 is 0. The van der Waals surface area contributed by atoms with E-state index in [1.165, 1.54) is 56.3 Å². The van der Waals surface area contributed by atoms with Gasteiger partial charge in [0.1, 0.15) is 0 Å². The first-order valence-corrected chi connectivity index (χ1v) is 10.1. The second-order valence-electron chi connectivity index (χ2n) is 7.68. The van der Waals surface area contributed by atoms with E-state index in [2.05, 4.69) is 39.8 Å². The average molecular weight is 344 g/mol. The summed E-state index contributed by atoms with van der Waals surface area (Å²) in [4.78, 5) is 14.6. The van der Waals surface area contributed by atoms with Crippen LogP contribution in [0.2, 0.25) is 0 Å². The normalized spacial score (nSPS) is 21.8. The van der Waals surface area contributed by atoms with E-state index in [-0.39, 0.29) is 5.91 Å². The zero-order chi connectivity index (χ0) is 17.3. The number of hydrogen-bond donors (Lipinski definition) is 2. The fourth-order valence-electron chi connectivity index (χ4n) is 3.90. The largest absolute Gasteiger partial charge is 0.352 e. The van der Waals surface area contributed by atoms with Gasteiger partial charge in [-0.25, -0.2) is 0 Å². The maximum absolute atomic E-state index is 12.0. The predicted octanol–water partition coefficient (Wildman–Crippen LogP) is 3.07. The van der Waals surface area contributed by atoms with Gasteiger partial charge in [-0.3, -0.25) is 9.69 Å². The molecule has 4 heteroatoms. The first kappa shape index (κ1) is 18.4. The first-order chi connectivity index (χ1) is 12.3. The Balaban J connectivity index is 1.37. The third kappa shape index (κ3) is 6.44. The molecule has 1 amide bonds. The van der Waals surface area contributed by atoms with Crippen molar-refractivity contribution in [3.05, 3.63) is 35.4 Å². The van der Waals surface area contributed by atoms with Crippen molar-refractivity contribution in [1.82, 2.24) is 15.5 Å². The monoisotopic (exact) mass is 343 g/mol. The Bertz CT molecular complexity index is 514. The fraction of sp³-hybridized carbons (Fsp3) is 0.667. The van der Waals surface area contributed by atoms with Gasteiger partial charge in [-0.1, -0.05) is 37.1 Å². The van der Waals surface area contributed by atoms with E-state index in [0.29, 0.717) is 18.9 Å². The van der Waals surface area contributed by atoms with Crippen LogP contribution in [0.15, 0.2) is 24.3 Å². The second-order valence-corrected chi connectivity index (χ2v) is 7.68. The highest BCUT2D eigenvalue weighted by Crippen LogP contribution is 2.15. The van der Waals surface area contributed by atoms with Crippen LogP contribution in [0, 0.1) is 5.92 Å². The highest BCUT2D eigenvalue weighted by molar-refractivity contribution is 5.75. The minimum Gasteiger partial charge on any atom is -0.352 e. The molecule has 1 aromatic rings. The van der Waals surface area contributed by atoms with Crippen LogP contribution in [-0.2, 0) is 17.9 Å². The maximum Gasteiger partial charge on any atom is 0.220 e. The van der Waals surface area contributed by atoms with Crippen LogP contribution in [-0.4, -0.2) is 37.0 Å². The van der Waals surface area contributed by atoms with E-state index in [1.807, 2.05) is 0 Å². The molecule has 2 N–H and O–H groups in total. The molecule has 2 aliphatic rings. The molecule has 138 valence electrons. The van der Waals surface area contributed by atoms with E-state index in [0.717, 1.165) is 26.1 Å². The van der Waals surface area contributed by atoms with Crippen LogP contribution in [0.4, 0.5) is 0 Å². The van der Waals surface area contributed by atoms with Crippen molar-refractivity contribution in [2.45, 2.75) is 58.0 Å². The van der Waals surface area contributed by atoms with Crippen LogP contribution < -0.4 is 10.6 Å². The smallest absolute Gasteiger partial charge is 0.220 e. The zero-order valence-corrected chi connectivity index (χ0v) is 15.4. The van der Waals surface area contributed by atoms with Gasteiger partial charge in [0.15, 0.2) is 0 Å². The third-order valence-electron chi connectivity index (χ3n) is 5.56. The van der Waals surface area contributed by atoms with Crippen molar-refractivity contribution in [2.24, 2.45) is 5.92 Å². The number of amides is 1. The highest BCUT2D eigenvalue weighted by atomic mass is 16.1. The van der Waals surface area contributed by atoms with Gasteiger partial charge in [-0.2, -0.15) is 0 Å². The zero-order valence-electron chi connectivity index (χ0n) is 15.4. The van der Waals surface area contributed by atoms with Crippen molar-refractivity contribution >= 4 is 5.91 Å². The summed E-state index contributed by atoms with van der Waals surface area (Å²) in [6, 6.07) is 8.76. The van der Waals surface area contributed by atoms with Crippen molar-refractivity contribution in [1.29, 1.82) is 0 Å². The molecule has 2 saturated heterocycles. The lowest BCUT2D eigenvalue weighted by Crippen LogP contribution is -2.24. The Morgan fingerprint density at radius 3 is 2.48 bits per heavy atom. The predicted molar refractivity (Wildman–Crippen MR) is 102 cm³/mol. The van der Waals surface area contributed by atoms with Gasteiger partial charge >= 0.3 is 0 Å². The van der Waals surface area contributed by atoms with Crippen molar-refractivity contribution in [3.8, 4) is 0 Å². The van der Waals surface area contributed by atoms with E-state index in [9.17, 15) is 4.79 Å². The minimum absolute atomic E-state index is 0.181. The Morgan fingerprint density at radius 2 is 1.80 bits per heavy atom. The summed E-state index contributed by atoms with van der Waals surface area (Å²) in [5.41, 5.74) is 2.57. The van der Waals surface area contributed by atoms with Crippen LogP contribution in [0.5, 0.6) is 0 Å². The van der Waals surface area contributed by atoms with Gasteiger partial charge in [0.2, 0.25) is 5.91 Å². The van der Waals surface area contributed by atoms with E-state index in [1.54, 1.807) is 0 Å². The molecular weight excluding hydrogens is 310 g/mol. The number of hydrogen-bond acceptors (Lipinski definition) is 3. The molecule has 2 fully saturated rings. The Hall–Kier alpha value is -1.39. The molecule has 25 heavy (non-hydrogen) atoms. The summed E-state index contributed by atoms with van der Waals surface area (Å²) in [5, 5.41) is 6.42. The standard InChI is InChI=1S/C21H33N3O/c25-21(10-9-19-11-12-22-15-19)23-16-18-5-7-20(8-6-18)17-24-13-3-1-2-4-14-24/h5-8,19,22H,1-4,9-17H2,(H,23,25). The van der Waals surface area contributed by atoms with E-state index in [4.69, 9.17) is 0 Å². The second kappa shape index (κ2) is 9.93. The van der Waals surface area contributed by atoms with Crippen molar-refractivity contribution in [2.75, 3.05) is 26.2 Å². The van der Waals surface area contributed by atoms with Gasteiger partial charge in [0, 0.05) is 19.5 Å². The van der Waals surface area contributed by atoms with E-state index >= 15 is 0 Å². The molecule has 1 unspecified atom stereocenters. The maximum atomic E-state index is 12.0. The quantitative estimate of drug-likeness (QED) is 0.800. The molecule has 1 aromatic carbocycles. The summed E-state index contributed by atoms with van der Waals surface area (Å²) in [5.74, 6) is 0.865. The lowest BCUT2D eigenvalue weighted by atomic mass is 10.0. The first-order valence-electron chi connectivity index (χ1n) is 10.1. The van der Waals surface area contributed by atoms with Gasteiger partial charge in [0.25, 0.3) is 0 Å². The van der Waals surface area contributed by atoms with Gasteiger partial charge in [0.05, 0.1) is 0 Å². The number of nitrogens with one attached hydrogen (secondary N) is 2. The van der Waals surface area contributed by atoms with Crippen LogP contribution in [0.3, 0.4) is 0 Å². The number of rotatable bonds is 7. The molecule has 2 heterocycles. The molecule has 0 radical (unpaired) electrons. The van der Waals surface area contributed by atoms with Crippen LogP contribution in [0.1, 0.15) is 56.1 Å². The van der Waals surface area contributed by atoms with E-state index < -0.39 is 0 Å². The molecule has 3 rings (SSSR count). The molecule has 0 bridgehead atoms. The van der Waals surface area contributed by atoms with Gasteiger partial charge in [-0.15, -0.1) is 0 Å². The minimum atomic E-state index is 0.181. The molecule has 0 aliphatic carbocycles. The van der Waals surface area contributed by atoms with Gasteiger partial charge < -0.3 is 10.6 Å². The molecule has 0 saturated carbocycles. The Morgan fingerprint density at radius 1 is 1.08 bits per heavy atom. The molecule has 2 aliphatic heterocycles. The summed E-state index contributed by atoms with van der Waals surface area (Å²) in [6.07, 6.45) is 8.31. The van der Waals surface area contributed by atoms with Crippen molar-refractivity contribution in [3.63, 3.8) is 0 Å². The Kier molecular flexibility index (Phi) is 7.31.